The van der Waals surface area contributed by atoms with Crippen molar-refractivity contribution in [2.45, 2.75) is 12.3 Å². The predicted octanol–water partition coefficient (Wildman–Crippen LogP) is 2.10. The van der Waals surface area contributed by atoms with E-state index in [1.807, 2.05) is 0 Å². The van der Waals surface area contributed by atoms with Gasteiger partial charge in [0, 0.05) is 18.5 Å². The second-order valence-electron chi connectivity index (χ2n) is 2.80. The van der Waals surface area contributed by atoms with Gasteiger partial charge in [-0.15, -0.1) is 0 Å². The summed E-state index contributed by atoms with van der Waals surface area (Å²) in [5, 5.41) is 8.92. The Morgan fingerprint density at radius 2 is 2.29 bits per heavy atom. The zero-order chi connectivity index (χ0) is 10.7. The first-order chi connectivity index (χ1) is 6.54. The number of hydrogen-bond acceptors (Lipinski definition) is 3. The molecular weight excluding hydrogens is 229 g/mol. The molecule has 1 unspecified atom stereocenters. The molecule has 0 bridgehead atoms. The largest absolute Gasteiger partial charge is 0.481 e. The quantitative estimate of drug-likeness (QED) is 0.841. The molecule has 4 nitrogen and oxygen atoms in total. The van der Waals surface area contributed by atoms with Crippen LogP contribution in [0.25, 0.3) is 0 Å². The third-order valence-electron chi connectivity index (χ3n) is 1.77. The van der Waals surface area contributed by atoms with Gasteiger partial charge < -0.3 is 15.3 Å². The van der Waals surface area contributed by atoms with Gasteiger partial charge in [0.2, 0.25) is 5.22 Å². The summed E-state index contributed by atoms with van der Waals surface area (Å²) < 4.78 is 5.06. The van der Waals surface area contributed by atoms with Gasteiger partial charge in [-0.05, 0) is 11.6 Å². The molecule has 1 atom stereocenters. The van der Waals surface area contributed by atoms with Crippen molar-refractivity contribution in [2.24, 2.45) is 5.73 Å². The van der Waals surface area contributed by atoms with E-state index in [1.165, 1.54) is 6.07 Å². The van der Waals surface area contributed by atoms with Gasteiger partial charge in [-0.1, -0.05) is 11.6 Å². The number of hydrogen-bond donors (Lipinski definition) is 2. The first-order valence-electron chi connectivity index (χ1n) is 3.91. The second-order valence-corrected chi connectivity index (χ2v) is 3.55. The molecule has 0 aliphatic rings. The lowest BCUT2D eigenvalue weighted by Gasteiger charge is -2.07. The number of halogens is 2. The average molecular weight is 238 g/mol. The Kier molecular flexibility index (Phi) is 3.80. The first kappa shape index (κ1) is 11.4. The van der Waals surface area contributed by atoms with Crippen LogP contribution in [0.1, 0.15) is 18.1 Å². The van der Waals surface area contributed by atoms with Crippen molar-refractivity contribution in [2.75, 3.05) is 6.54 Å². The maximum atomic E-state index is 10.5. The number of aliphatic carboxylic acids is 1. The van der Waals surface area contributed by atoms with E-state index in [0.717, 1.165) is 0 Å². The molecule has 1 heterocycles. The fourth-order valence-electron chi connectivity index (χ4n) is 1.08. The molecule has 0 aliphatic heterocycles. The molecule has 1 rings (SSSR count). The van der Waals surface area contributed by atoms with E-state index in [9.17, 15) is 4.79 Å². The molecule has 1 aromatic heterocycles. The monoisotopic (exact) mass is 237 g/mol. The third kappa shape index (κ3) is 2.64. The lowest BCUT2D eigenvalue weighted by molar-refractivity contribution is -0.137. The van der Waals surface area contributed by atoms with Crippen molar-refractivity contribution in [3.05, 3.63) is 22.1 Å². The molecule has 3 N–H and O–H groups in total. The topological polar surface area (TPSA) is 76.5 Å². The van der Waals surface area contributed by atoms with Crippen molar-refractivity contribution in [1.82, 2.24) is 0 Å². The van der Waals surface area contributed by atoms with Gasteiger partial charge in [-0.3, -0.25) is 4.79 Å². The highest BCUT2D eigenvalue weighted by molar-refractivity contribution is 6.40. The minimum atomic E-state index is -0.941. The van der Waals surface area contributed by atoms with Crippen LogP contribution in [0.2, 0.25) is 10.2 Å². The maximum absolute atomic E-state index is 10.5. The Morgan fingerprint density at radius 1 is 1.64 bits per heavy atom. The summed E-state index contributed by atoms with van der Waals surface area (Å²) in [5.74, 6) is -0.925. The second kappa shape index (κ2) is 4.68. The van der Waals surface area contributed by atoms with Crippen molar-refractivity contribution in [3.63, 3.8) is 0 Å². The number of carboxylic acids is 1. The van der Waals surface area contributed by atoms with Gasteiger partial charge in [-0.25, -0.2) is 0 Å². The van der Waals surface area contributed by atoms with Gasteiger partial charge in [-0.2, -0.15) is 0 Å². The van der Waals surface area contributed by atoms with E-state index in [1.54, 1.807) is 0 Å². The van der Waals surface area contributed by atoms with Crippen molar-refractivity contribution >= 4 is 29.2 Å². The van der Waals surface area contributed by atoms with Crippen LogP contribution in [0.5, 0.6) is 0 Å². The normalized spacial score (nSPS) is 12.8. The van der Waals surface area contributed by atoms with Crippen molar-refractivity contribution < 1.29 is 14.3 Å². The lowest BCUT2D eigenvalue weighted by atomic mass is 10.0. The molecule has 0 fully saturated rings. The Balaban J connectivity index is 2.83. The number of carbonyl (C=O) groups is 1. The number of carboxylic acid groups (broad SMARTS) is 1. The summed E-state index contributed by atoms with van der Waals surface area (Å²) in [7, 11) is 0. The minimum absolute atomic E-state index is 0.0607. The highest BCUT2D eigenvalue weighted by atomic mass is 35.5. The number of furan rings is 1. The van der Waals surface area contributed by atoms with Crippen LogP contribution in [-0.4, -0.2) is 17.6 Å². The highest BCUT2D eigenvalue weighted by Gasteiger charge is 2.19. The molecule has 0 spiro atoms. The predicted molar refractivity (Wildman–Crippen MR) is 52.8 cm³/mol. The summed E-state index contributed by atoms with van der Waals surface area (Å²) in [5.41, 5.74) is 5.40. The SMILES string of the molecule is NCC(CC(=O)O)c1cc(Cl)c(Cl)o1. The first-order valence-corrected chi connectivity index (χ1v) is 4.66. The average Bonchev–Trinajstić information content (AvgIpc) is 2.42. The van der Waals surface area contributed by atoms with E-state index in [4.69, 9.17) is 38.5 Å². The minimum Gasteiger partial charge on any atom is -0.481 e. The molecule has 0 radical (unpaired) electrons. The number of rotatable bonds is 4. The van der Waals surface area contributed by atoms with Crippen molar-refractivity contribution in [3.8, 4) is 0 Å². The molecule has 1 aromatic rings. The Bertz CT molecular complexity index is 318. The smallest absolute Gasteiger partial charge is 0.304 e. The van der Waals surface area contributed by atoms with Crippen LogP contribution in [-0.2, 0) is 4.79 Å². The molecular formula is C8H9Cl2NO3. The van der Waals surface area contributed by atoms with Crippen LogP contribution >= 0.6 is 23.2 Å². The third-order valence-corrected chi connectivity index (χ3v) is 2.43. The van der Waals surface area contributed by atoms with Gasteiger partial charge in [0.25, 0.3) is 0 Å². The molecule has 78 valence electrons. The van der Waals surface area contributed by atoms with E-state index in [-0.39, 0.29) is 23.2 Å². The Labute approximate surface area is 90.6 Å². The summed E-state index contributed by atoms with van der Waals surface area (Å²) in [6.45, 7) is 0.173. The zero-order valence-corrected chi connectivity index (χ0v) is 8.68. The summed E-state index contributed by atoms with van der Waals surface area (Å²) in [6, 6.07) is 1.49. The Hall–Kier alpha value is -0.710. The van der Waals surface area contributed by atoms with Crippen LogP contribution in [0.3, 0.4) is 0 Å². The van der Waals surface area contributed by atoms with E-state index >= 15 is 0 Å². The van der Waals surface area contributed by atoms with E-state index in [0.29, 0.717) is 5.76 Å². The van der Waals surface area contributed by atoms with Crippen LogP contribution in [0, 0.1) is 0 Å². The fraction of sp³-hybridized carbons (Fsp3) is 0.375. The molecule has 0 aromatic carbocycles. The molecule has 0 saturated heterocycles. The van der Waals surface area contributed by atoms with Crippen LogP contribution in [0.15, 0.2) is 10.5 Å². The Morgan fingerprint density at radius 3 is 2.64 bits per heavy atom. The van der Waals surface area contributed by atoms with Crippen LogP contribution < -0.4 is 5.73 Å². The van der Waals surface area contributed by atoms with Gasteiger partial charge >= 0.3 is 5.97 Å². The van der Waals surface area contributed by atoms with Crippen molar-refractivity contribution in [1.29, 1.82) is 0 Å². The van der Waals surface area contributed by atoms with E-state index in [2.05, 4.69) is 0 Å². The fourth-order valence-corrected chi connectivity index (χ4v) is 1.37. The van der Waals surface area contributed by atoms with Gasteiger partial charge in [0.05, 0.1) is 11.4 Å². The van der Waals surface area contributed by atoms with Gasteiger partial charge in [0.15, 0.2) is 0 Å². The lowest BCUT2D eigenvalue weighted by Crippen LogP contribution is -2.15. The summed E-state index contributed by atoms with van der Waals surface area (Å²) in [4.78, 5) is 10.5. The molecule has 0 aliphatic carbocycles. The molecule has 6 heteroatoms. The van der Waals surface area contributed by atoms with E-state index < -0.39 is 11.9 Å². The molecule has 0 saturated carbocycles. The standard InChI is InChI=1S/C8H9Cl2NO3/c9-5-2-6(14-8(5)10)4(3-11)1-7(12)13/h2,4H,1,3,11H2,(H,12,13). The zero-order valence-electron chi connectivity index (χ0n) is 7.17. The highest BCUT2D eigenvalue weighted by Crippen LogP contribution is 2.30. The van der Waals surface area contributed by atoms with Gasteiger partial charge in [0.1, 0.15) is 5.76 Å². The molecule has 0 amide bonds. The van der Waals surface area contributed by atoms with Crippen LogP contribution in [0.4, 0.5) is 0 Å². The summed E-state index contributed by atoms with van der Waals surface area (Å²) in [6.07, 6.45) is -0.101. The molecule has 14 heavy (non-hydrogen) atoms. The maximum Gasteiger partial charge on any atom is 0.304 e. The summed E-state index contributed by atoms with van der Waals surface area (Å²) >= 11 is 11.2. The number of nitrogens with two attached hydrogens (primary N) is 1.